The predicted molar refractivity (Wildman–Crippen MR) is 33.8 cm³/mol. The first-order valence-corrected chi connectivity index (χ1v) is 2.54. The van der Waals surface area contributed by atoms with Crippen molar-refractivity contribution in [2.45, 2.75) is 0 Å². The minimum absolute atomic E-state index is 0.344. The first kappa shape index (κ1) is 7.97. The highest BCUT2D eigenvalue weighted by atomic mass is 16.3. The van der Waals surface area contributed by atoms with E-state index in [2.05, 4.69) is 17.2 Å². The fourth-order valence-corrected chi connectivity index (χ4v) is 0.299. The van der Waals surface area contributed by atoms with Gasteiger partial charge >= 0.3 is 6.03 Å². The van der Waals surface area contributed by atoms with Crippen molar-refractivity contribution in [3.63, 3.8) is 0 Å². The molecule has 52 valence electrons. The molecule has 0 saturated carbocycles. The van der Waals surface area contributed by atoms with Gasteiger partial charge in [0, 0.05) is 6.54 Å². The van der Waals surface area contributed by atoms with Crippen LogP contribution < -0.4 is 10.6 Å². The predicted octanol–water partition coefficient (Wildman–Crippen LogP) is -0.579. The van der Waals surface area contributed by atoms with Gasteiger partial charge in [-0.2, -0.15) is 0 Å². The van der Waals surface area contributed by atoms with Gasteiger partial charge in [0.1, 0.15) is 6.73 Å². The van der Waals surface area contributed by atoms with E-state index in [4.69, 9.17) is 5.11 Å². The van der Waals surface area contributed by atoms with Crippen LogP contribution in [0.3, 0.4) is 0 Å². The Morgan fingerprint density at radius 1 is 1.67 bits per heavy atom. The van der Waals surface area contributed by atoms with E-state index in [-0.39, 0.29) is 6.73 Å². The number of rotatable bonds is 3. The summed E-state index contributed by atoms with van der Waals surface area (Å²) in [5, 5.41) is 12.7. The van der Waals surface area contributed by atoms with Gasteiger partial charge in [-0.05, 0) is 0 Å². The molecule has 4 nitrogen and oxygen atoms in total. The summed E-state index contributed by atoms with van der Waals surface area (Å²) >= 11 is 0. The fraction of sp³-hybridized carbons (Fsp3) is 0.400. The Balaban J connectivity index is 3.16. The van der Waals surface area contributed by atoms with Gasteiger partial charge in [-0.1, -0.05) is 6.08 Å². The van der Waals surface area contributed by atoms with Crippen molar-refractivity contribution in [2.24, 2.45) is 0 Å². The molecule has 0 rings (SSSR count). The molecule has 0 unspecified atom stereocenters. The van der Waals surface area contributed by atoms with E-state index in [0.717, 1.165) is 0 Å². The third-order valence-corrected chi connectivity index (χ3v) is 0.647. The van der Waals surface area contributed by atoms with E-state index in [0.29, 0.717) is 6.54 Å². The number of carbonyl (C=O) groups is 1. The molecule has 0 spiro atoms. The van der Waals surface area contributed by atoms with Crippen LogP contribution in [-0.2, 0) is 0 Å². The molecule has 0 aromatic rings. The van der Waals surface area contributed by atoms with Crippen LogP contribution in [0.2, 0.25) is 0 Å². The van der Waals surface area contributed by atoms with Crippen LogP contribution in [0, 0.1) is 0 Å². The Morgan fingerprint density at radius 2 is 2.33 bits per heavy atom. The minimum atomic E-state index is -0.391. The van der Waals surface area contributed by atoms with Crippen molar-refractivity contribution in [1.29, 1.82) is 0 Å². The van der Waals surface area contributed by atoms with Crippen molar-refractivity contribution in [3.05, 3.63) is 12.7 Å². The number of urea groups is 1. The average Bonchev–Trinajstić information content (AvgIpc) is 1.85. The SMILES string of the molecule is C=CCNC(=O)NCO. The number of hydrogen-bond acceptors (Lipinski definition) is 2. The van der Waals surface area contributed by atoms with E-state index in [1.807, 2.05) is 0 Å². The molecule has 9 heavy (non-hydrogen) atoms. The second-order valence-electron chi connectivity index (χ2n) is 1.33. The molecule has 0 fully saturated rings. The Labute approximate surface area is 53.6 Å². The first-order valence-electron chi connectivity index (χ1n) is 2.54. The van der Waals surface area contributed by atoms with Crippen LogP contribution in [0.25, 0.3) is 0 Å². The zero-order valence-electron chi connectivity index (χ0n) is 5.05. The van der Waals surface area contributed by atoms with Gasteiger partial charge in [-0.25, -0.2) is 4.79 Å². The summed E-state index contributed by atoms with van der Waals surface area (Å²) in [5.41, 5.74) is 0. The quantitative estimate of drug-likeness (QED) is 0.353. The molecule has 0 aliphatic carbocycles. The molecule has 0 atom stereocenters. The molecule has 0 bridgehead atoms. The van der Waals surface area contributed by atoms with E-state index in [1.54, 1.807) is 6.08 Å². The molecule has 3 N–H and O–H groups in total. The van der Waals surface area contributed by atoms with Gasteiger partial charge < -0.3 is 15.7 Å². The van der Waals surface area contributed by atoms with Gasteiger partial charge in [0.15, 0.2) is 0 Å². The largest absolute Gasteiger partial charge is 0.376 e. The standard InChI is InChI=1S/C5H10N2O2/c1-2-3-6-5(9)7-4-8/h2,8H,1,3-4H2,(H2,6,7,9). The summed E-state index contributed by atoms with van der Waals surface area (Å²) in [6.07, 6.45) is 1.55. The lowest BCUT2D eigenvalue weighted by Crippen LogP contribution is -2.35. The lowest BCUT2D eigenvalue weighted by molar-refractivity contribution is 0.219. The number of aliphatic hydroxyl groups is 1. The molecule has 0 aliphatic heterocycles. The summed E-state index contributed by atoms with van der Waals surface area (Å²) in [6, 6.07) is -0.391. The highest BCUT2D eigenvalue weighted by Gasteiger charge is 1.91. The third-order valence-electron chi connectivity index (χ3n) is 0.647. The van der Waals surface area contributed by atoms with Crippen molar-refractivity contribution in [2.75, 3.05) is 13.3 Å². The Bertz CT molecular complexity index is 103. The van der Waals surface area contributed by atoms with Gasteiger partial charge in [0.25, 0.3) is 0 Å². The first-order chi connectivity index (χ1) is 4.31. The topological polar surface area (TPSA) is 61.4 Å². The monoisotopic (exact) mass is 130 g/mol. The zero-order valence-corrected chi connectivity index (χ0v) is 5.05. The van der Waals surface area contributed by atoms with E-state index in [9.17, 15) is 4.79 Å². The van der Waals surface area contributed by atoms with Crippen LogP contribution in [0.1, 0.15) is 0 Å². The molecule has 0 heterocycles. The molecule has 0 radical (unpaired) electrons. The van der Waals surface area contributed by atoms with E-state index < -0.39 is 6.03 Å². The van der Waals surface area contributed by atoms with Crippen LogP contribution >= 0.6 is 0 Å². The summed E-state index contributed by atoms with van der Waals surface area (Å²) < 4.78 is 0. The number of hydrogen-bond donors (Lipinski definition) is 3. The van der Waals surface area contributed by atoms with Crippen LogP contribution in [0.15, 0.2) is 12.7 Å². The van der Waals surface area contributed by atoms with Crippen LogP contribution in [-0.4, -0.2) is 24.4 Å². The van der Waals surface area contributed by atoms with Crippen molar-refractivity contribution in [1.82, 2.24) is 10.6 Å². The number of aliphatic hydroxyl groups excluding tert-OH is 1. The summed E-state index contributed by atoms with van der Waals surface area (Å²) in [4.78, 5) is 10.4. The maximum Gasteiger partial charge on any atom is 0.316 e. The Kier molecular flexibility index (Phi) is 4.53. The lowest BCUT2D eigenvalue weighted by atomic mass is 10.6. The summed E-state index contributed by atoms with van der Waals surface area (Å²) in [6.45, 7) is 3.45. The lowest BCUT2D eigenvalue weighted by Gasteiger charge is -2.00. The summed E-state index contributed by atoms with van der Waals surface area (Å²) in [5.74, 6) is 0. The fourth-order valence-electron chi connectivity index (χ4n) is 0.299. The Hall–Kier alpha value is -1.03. The normalized spacial score (nSPS) is 8.11. The van der Waals surface area contributed by atoms with Crippen LogP contribution in [0.5, 0.6) is 0 Å². The maximum atomic E-state index is 10.4. The van der Waals surface area contributed by atoms with Gasteiger partial charge in [-0.15, -0.1) is 6.58 Å². The molecule has 0 saturated heterocycles. The highest BCUT2D eigenvalue weighted by Crippen LogP contribution is 1.62. The summed E-state index contributed by atoms with van der Waals surface area (Å²) in [7, 11) is 0. The molecule has 4 heteroatoms. The molecular weight excluding hydrogens is 120 g/mol. The molecular formula is C5H10N2O2. The average molecular weight is 130 g/mol. The van der Waals surface area contributed by atoms with Crippen molar-refractivity contribution >= 4 is 6.03 Å². The van der Waals surface area contributed by atoms with Crippen molar-refractivity contribution in [3.8, 4) is 0 Å². The van der Waals surface area contributed by atoms with Gasteiger partial charge in [-0.3, -0.25) is 0 Å². The molecule has 0 aromatic carbocycles. The number of nitrogens with one attached hydrogen (secondary N) is 2. The zero-order chi connectivity index (χ0) is 7.11. The van der Waals surface area contributed by atoms with E-state index >= 15 is 0 Å². The number of amides is 2. The second-order valence-corrected chi connectivity index (χ2v) is 1.33. The molecule has 2 amide bonds. The van der Waals surface area contributed by atoms with Gasteiger partial charge in [0.2, 0.25) is 0 Å². The highest BCUT2D eigenvalue weighted by molar-refractivity contribution is 5.73. The second kappa shape index (κ2) is 5.11. The Morgan fingerprint density at radius 3 is 2.78 bits per heavy atom. The number of carbonyl (C=O) groups excluding carboxylic acids is 1. The van der Waals surface area contributed by atoms with Gasteiger partial charge in [0.05, 0.1) is 0 Å². The minimum Gasteiger partial charge on any atom is -0.376 e. The van der Waals surface area contributed by atoms with E-state index in [1.165, 1.54) is 0 Å². The van der Waals surface area contributed by atoms with Crippen LogP contribution in [0.4, 0.5) is 4.79 Å². The molecule has 0 aliphatic rings. The smallest absolute Gasteiger partial charge is 0.316 e. The third kappa shape index (κ3) is 4.83. The molecule has 0 aromatic heterocycles. The van der Waals surface area contributed by atoms with Crippen molar-refractivity contribution < 1.29 is 9.90 Å². The maximum absolute atomic E-state index is 10.4.